The highest BCUT2D eigenvalue weighted by Crippen LogP contribution is 2.08. The summed E-state index contributed by atoms with van der Waals surface area (Å²) in [5.41, 5.74) is 0.909. The molecule has 1 N–H and O–H groups in total. The Morgan fingerprint density at radius 2 is 2.33 bits per heavy atom. The van der Waals surface area contributed by atoms with E-state index in [-0.39, 0.29) is 6.61 Å². The van der Waals surface area contributed by atoms with Gasteiger partial charge in [0.1, 0.15) is 0 Å². The van der Waals surface area contributed by atoms with Gasteiger partial charge >= 0.3 is 0 Å². The molecule has 0 aliphatic heterocycles. The molecule has 1 heterocycles. The highest BCUT2D eigenvalue weighted by molar-refractivity contribution is 9.10. The largest absolute Gasteiger partial charge is 0.396 e. The molecule has 0 fully saturated rings. The quantitative estimate of drug-likeness (QED) is 0.860. The van der Waals surface area contributed by atoms with Gasteiger partial charge in [0.2, 0.25) is 0 Å². The maximum Gasteiger partial charge on any atom is 0.0627 e. The first-order valence-electron chi connectivity index (χ1n) is 3.72. The second-order valence-electron chi connectivity index (χ2n) is 2.32. The van der Waals surface area contributed by atoms with Crippen molar-refractivity contribution in [3.63, 3.8) is 0 Å². The Hall–Kier alpha value is -0.670. The van der Waals surface area contributed by atoms with E-state index in [0.29, 0.717) is 6.42 Å². The van der Waals surface area contributed by atoms with E-state index in [1.54, 1.807) is 6.20 Å². The zero-order valence-electron chi connectivity index (χ0n) is 6.57. The molecule has 64 valence electrons. The molecule has 0 radical (unpaired) electrons. The van der Waals surface area contributed by atoms with E-state index >= 15 is 0 Å². The summed E-state index contributed by atoms with van der Waals surface area (Å²) in [6, 6.07) is 3.85. The number of rotatable bonds is 3. The Bertz CT molecular complexity index is 256. The lowest BCUT2D eigenvalue weighted by molar-refractivity contribution is 0.303. The molecule has 0 unspecified atom stereocenters. The predicted molar refractivity (Wildman–Crippen MR) is 52.7 cm³/mol. The monoisotopic (exact) mass is 227 g/mol. The van der Waals surface area contributed by atoms with Crippen molar-refractivity contribution in [3.05, 3.63) is 34.6 Å². The third-order valence-electron chi connectivity index (χ3n) is 1.33. The summed E-state index contributed by atoms with van der Waals surface area (Å²) >= 11 is 3.30. The van der Waals surface area contributed by atoms with Gasteiger partial charge in [0, 0.05) is 17.3 Å². The zero-order chi connectivity index (χ0) is 8.81. The smallest absolute Gasteiger partial charge is 0.0627 e. The average molecular weight is 228 g/mol. The Morgan fingerprint density at radius 1 is 1.50 bits per heavy atom. The van der Waals surface area contributed by atoms with Gasteiger partial charge < -0.3 is 5.11 Å². The van der Waals surface area contributed by atoms with Gasteiger partial charge in [-0.25, -0.2) is 0 Å². The van der Waals surface area contributed by atoms with Crippen LogP contribution in [0.5, 0.6) is 0 Å². The standard InChI is InChI=1S/C9H10BrNO/c10-8-4-5-9(11-7-8)3-1-2-6-12/h1,3-5,7,12H,2,6H2. The van der Waals surface area contributed by atoms with Crippen LogP contribution in [-0.2, 0) is 0 Å². The van der Waals surface area contributed by atoms with Gasteiger partial charge in [0.15, 0.2) is 0 Å². The fourth-order valence-electron chi connectivity index (χ4n) is 0.764. The number of hydrogen-bond acceptors (Lipinski definition) is 2. The molecule has 3 heteroatoms. The van der Waals surface area contributed by atoms with Crippen molar-refractivity contribution in [2.24, 2.45) is 0 Å². The second kappa shape index (κ2) is 5.06. The first-order chi connectivity index (χ1) is 5.83. The fraction of sp³-hybridized carbons (Fsp3) is 0.222. The number of aromatic nitrogens is 1. The third kappa shape index (κ3) is 3.15. The van der Waals surface area contributed by atoms with Crippen molar-refractivity contribution < 1.29 is 5.11 Å². The molecule has 0 spiro atoms. The van der Waals surface area contributed by atoms with Crippen LogP contribution in [0.4, 0.5) is 0 Å². The van der Waals surface area contributed by atoms with E-state index < -0.39 is 0 Å². The van der Waals surface area contributed by atoms with Crippen molar-refractivity contribution >= 4 is 22.0 Å². The summed E-state index contributed by atoms with van der Waals surface area (Å²) in [5.74, 6) is 0. The minimum Gasteiger partial charge on any atom is -0.396 e. The molecule has 0 atom stereocenters. The minimum absolute atomic E-state index is 0.188. The summed E-state index contributed by atoms with van der Waals surface area (Å²) in [4.78, 5) is 4.13. The Kier molecular flexibility index (Phi) is 3.97. The zero-order valence-corrected chi connectivity index (χ0v) is 8.16. The van der Waals surface area contributed by atoms with Crippen molar-refractivity contribution in [1.29, 1.82) is 0 Å². The topological polar surface area (TPSA) is 33.1 Å². The van der Waals surface area contributed by atoms with Crippen LogP contribution in [-0.4, -0.2) is 16.7 Å². The number of halogens is 1. The summed E-state index contributed by atoms with van der Waals surface area (Å²) in [6.07, 6.45) is 6.22. The molecule has 0 saturated heterocycles. The molecule has 12 heavy (non-hydrogen) atoms. The van der Waals surface area contributed by atoms with Crippen LogP contribution in [0.2, 0.25) is 0 Å². The number of pyridine rings is 1. The van der Waals surface area contributed by atoms with Crippen LogP contribution in [0.3, 0.4) is 0 Å². The second-order valence-corrected chi connectivity index (χ2v) is 3.23. The molecular weight excluding hydrogens is 218 g/mol. The molecule has 0 aliphatic carbocycles. The van der Waals surface area contributed by atoms with Gasteiger partial charge in [0.05, 0.1) is 5.69 Å². The van der Waals surface area contributed by atoms with Crippen molar-refractivity contribution in [1.82, 2.24) is 4.98 Å². The Morgan fingerprint density at radius 3 is 2.92 bits per heavy atom. The summed E-state index contributed by atoms with van der Waals surface area (Å²) in [6.45, 7) is 0.188. The van der Waals surface area contributed by atoms with Crippen LogP contribution in [0, 0.1) is 0 Å². The average Bonchev–Trinajstić information content (AvgIpc) is 2.09. The molecule has 1 aromatic rings. The molecule has 1 aromatic heterocycles. The van der Waals surface area contributed by atoms with E-state index in [1.807, 2.05) is 24.3 Å². The first-order valence-corrected chi connectivity index (χ1v) is 4.51. The minimum atomic E-state index is 0.188. The lowest BCUT2D eigenvalue weighted by Gasteiger charge is -1.91. The molecule has 0 amide bonds. The maximum absolute atomic E-state index is 8.51. The maximum atomic E-state index is 8.51. The summed E-state index contributed by atoms with van der Waals surface area (Å²) in [5, 5.41) is 8.51. The van der Waals surface area contributed by atoms with Crippen LogP contribution < -0.4 is 0 Å². The Balaban J connectivity index is 2.58. The van der Waals surface area contributed by atoms with Crippen molar-refractivity contribution in [2.75, 3.05) is 6.61 Å². The van der Waals surface area contributed by atoms with Crippen LogP contribution in [0.25, 0.3) is 6.08 Å². The van der Waals surface area contributed by atoms with E-state index in [9.17, 15) is 0 Å². The molecule has 0 bridgehead atoms. The van der Waals surface area contributed by atoms with Gasteiger partial charge in [0.25, 0.3) is 0 Å². The summed E-state index contributed by atoms with van der Waals surface area (Å²) < 4.78 is 0.974. The van der Waals surface area contributed by atoms with Gasteiger partial charge in [-0.3, -0.25) is 4.98 Å². The molecular formula is C9H10BrNO. The number of aliphatic hydroxyl groups excluding tert-OH is 1. The van der Waals surface area contributed by atoms with Crippen LogP contribution in [0.1, 0.15) is 12.1 Å². The van der Waals surface area contributed by atoms with E-state index in [4.69, 9.17) is 5.11 Å². The number of hydrogen-bond donors (Lipinski definition) is 1. The first kappa shape index (κ1) is 9.42. The summed E-state index contributed by atoms with van der Waals surface area (Å²) in [7, 11) is 0. The van der Waals surface area contributed by atoms with Crippen molar-refractivity contribution in [2.45, 2.75) is 6.42 Å². The van der Waals surface area contributed by atoms with Crippen LogP contribution in [0.15, 0.2) is 28.9 Å². The van der Waals surface area contributed by atoms with Crippen LogP contribution >= 0.6 is 15.9 Å². The predicted octanol–water partition coefficient (Wildman–Crippen LogP) is 2.24. The van der Waals surface area contributed by atoms with Gasteiger partial charge in [-0.1, -0.05) is 6.08 Å². The lowest BCUT2D eigenvalue weighted by Crippen LogP contribution is -1.80. The molecule has 0 aromatic carbocycles. The highest BCUT2D eigenvalue weighted by atomic mass is 79.9. The molecule has 0 aliphatic rings. The van der Waals surface area contributed by atoms with Crippen molar-refractivity contribution in [3.8, 4) is 0 Å². The normalized spacial score (nSPS) is 10.8. The molecule has 0 saturated carbocycles. The SMILES string of the molecule is OCCC=Cc1ccc(Br)cn1. The number of aliphatic hydroxyl groups is 1. The van der Waals surface area contributed by atoms with Gasteiger partial charge in [-0.05, 0) is 40.6 Å². The highest BCUT2D eigenvalue weighted by Gasteiger charge is 1.87. The van der Waals surface area contributed by atoms with E-state index in [1.165, 1.54) is 0 Å². The van der Waals surface area contributed by atoms with Gasteiger partial charge in [-0.15, -0.1) is 0 Å². The lowest BCUT2D eigenvalue weighted by atomic mass is 10.3. The van der Waals surface area contributed by atoms with E-state index in [2.05, 4.69) is 20.9 Å². The Labute approximate surface area is 80.1 Å². The van der Waals surface area contributed by atoms with E-state index in [0.717, 1.165) is 10.2 Å². The molecule has 2 nitrogen and oxygen atoms in total. The third-order valence-corrected chi connectivity index (χ3v) is 1.80. The fourth-order valence-corrected chi connectivity index (χ4v) is 0.999. The number of nitrogens with zero attached hydrogens (tertiary/aromatic N) is 1. The van der Waals surface area contributed by atoms with Gasteiger partial charge in [-0.2, -0.15) is 0 Å². The molecule has 1 rings (SSSR count).